The predicted octanol–water partition coefficient (Wildman–Crippen LogP) is 1.67. The van der Waals surface area contributed by atoms with Gasteiger partial charge in [0.25, 0.3) is 0 Å². The number of hydrogen-bond acceptors (Lipinski definition) is 4. The second kappa shape index (κ2) is 4.61. The molecule has 0 amide bonds. The lowest BCUT2D eigenvalue weighted by Gasteiger charge is -2.05. The molecule has 1 heterocycles. The SMILES string of the molecule is Br.CC(Br)c1cnc(N)nc1N. The van der Waals surface area contributed by atoms with Crippen molar-refractivity contribution in [2.24, 2.45) is 0 Å². The van der Waals surface area contributed by atoms with Gasteiger partial charge in [0, 0.05) is 16.6 Å². The van der Waals surface area contributed by atoms with E-state index >= 15 is 0 Å². The Hall–Kier alpha value is -0.360. The van der Waals surface area contributed by atoms with Crippen LogP contribution in [-0.2, 0) is 0 Å². The molecule has 0 radical (unpaired) electrons. The molecule has 0 aliphatic heterocycles. The van der Waals surface area contributed by atoms with E-state index in [-0.39, 0.29) is 27.8 Å². The maximum Gasteiger partial charge on any atom is 0.221 e. The van der Waals surface area contributed by atoms with E-state index < -0.39 is 0 Å². The molecule has 0 saturated carbocycles. The molecule has 1 aromatic rings. The number of alkyl halides is 1. The molecule has 68 valence electrons. The van der Waals surface area contributed by atoms with Crippen LogP contribution < -0.4 is 11.5 Å². The van der Waals surface area contributed by atoms with Crippen LogP contribution in [-0.4, -0.2) is 9.97 Å². The average molecular weight is 298 g/mol. The van der Waals surface area contributed by atoms with E-state index in [2.05, 4.69) is 25.9 Å². The van der Waals surface area contributed by atoms with Crippen molar-refractivity contribution >= 4 is 44.7 Å². The lowest BCUT2D eigenvalue weighted by Crippen LogP contribution is -2.03. The van der Waals surface area contributed by atoms with Gasteiger partial charge in [-0.25, -0.2) is 4.98 Å². The standard InChI is InChI=1S/C6H9BrN4.BrH/c1-3(7)4-2-10-6(9)11-5(4)8;/h2-3H,1H3,(H4,8,9,10,11);1H. The fraction of sp³-hybridized carbons (Fsp3) is 0.333. The number of aromatic nitrogens is 2. The number of nitrogen functional groups attached to an aromatic ring is 2. The van der Waals surface area contributed by atoms with Crippen LogP contribution >= 0.6 is 32.9 Å². The van der Waals surface area contributed by atoms with Crippen molar-refractivity contribution < 1.29 is 0 Å². The van der Waals surface area contributed by atoms with Crippen LogP contribution in [0.25, 0.3) is 0 Å². The van der Waals surface area contributed by atoms with Gasteiger partial charge in [0.2, 0.25) is 5.95 Å². The van der Waals surface area contributed by atoms with Crippen LogP contribution in [0, 0.1) is 0 Å². The highest BCUT2D eigenvalue weighted by Gasteiger charge is 2.06. The van der Waals surface area contributed by atoms with E-state index in [1.165, 1.54) is 0 Å². The topological polar surface area (TPSA) is 77.8 Å². The number of rotatable bonds is 1. The van der Waals surface area contributed by atoms with Crippen LogP contribution in [0.2, 0.25) is 0 Å². The number of nitrogens with zero attached hydrogens (tertiary/aromatic N) is 2. The molecular weight excluding hydrogens is 288 g/mol. The van der Waals surface area contributed by atoms with E-state index in [9.17, 15) is 0 Å². The summed E-state index contributed by atoms with van der Waals surface area (Å²) in [5.41, 5.74) is 11.7. The zero-order valence-electron chi connectivity index (χ0n) is 6.49. The molecule has 1 unspecified atom stereocenters. The van der Waals surface area contributed by atoms with Crippen molar-refractivity contribution in [2.45, 2.75) is 11.8 Å². The molecule has 0 aliphatic carbocycles. The lowest BCUT2D eigenvalue weighted by molar-refractivity contribution is 1.05. The van der Waals surface area contributed by atoms with Gasteiger partial charge in [-0.1, -0.05) is 15.9 Å². The van der Waals surface area contributed by atoms with Gasteiger partial charge in [0.15, 0.2) is 0 Å². The van der Waals surface area contributed by atoms with Crippen LogP contribution in [0.1, 0.15) is 17.3 Å². The average Bonchev–Trinajstić information content (AvgIpc) is 1.85. The number of anilines is 2. The predicted molar refractivity (Wildman–Crippen MR) is 58.5 cm³/mol. The van der Waals surface area contributed by atoms with Crippen molar-refractivity contribution in [3.63, 3.8) is 0 Å². The third kappa shape index (κ3) is 2.60. The van der Waals surface area contributed by atoms with Crippen LogP contribution in [0.4, 0.5) is 11.8 Å². The second-order valence-electron chi connectivity index (χ2n) is 2.18. The molecule has 6 heteroatoms. The molecule has 0 spiro atoms. The Morgan fingerprint density at radius 1 is 1.50 bits per heavy atom. The fourth-order valence-electron chi connectivity index (χ4n) is 0.725. The Morgan fingerprint density at radius 2 is 2.08 bits per heavy atom. The van der Waals surface area contributed by atoms with Gasteiger partial charge in [0.05, 0.1) is 0 Å². The summed E-state index contributed by atoms with van der Waals surface area (Å²) < 4.78 is 0. The van der Waals surface area contributed by atoms with Crippen molar-refractivity contribution in [2.75, 3.05) is 11.5 Å². The molecule has 1 atom stereocenters. The van der Waals surface area contributed by atoms with Gasteiger partial charge in [-0.3, -0.25) is 0 Å². The van der Waals surface area contributed by atoms with Gasteiger partial charge in [-0.05, 0) is 6.92 Å². The summed E-state index contributed by atoms with van der Waals surface area (Å²) in [5, 5.41) is 0. The van der Waals surface area contributed by atoms with Gasteiger partial charge < -0.3 is 11.5 Å². The quantitative estimate of drug-likeness (QED) is 0.773. The van der Waals surface area contributed by atoms with Crippen molar-refractivity contribution in [1.82, 2.24) is 9.97 Å². The molecule has 1 aromatic heterocycles. The maximum atomic E-state index is 5.56. The van der Waals surface area contributed by atoms with Gasteiger partial charge in [-0.15, -0.1) is 17.0 Å². The van der Waals surface area contributed by atoms with Crippen LogP contribution in [0.5, 0.6) is 0 Å². The first-order valence-corrected chi connectivity index (χ1v) is 4.04. The summed E-state index contributed by atoms with van der Waals surface area (Å²) in [6.07, 6.45) is 1.62. The van der Waals surface area contributed by atoms with Crippen LogP contribution in [0.15, 0.2) is 6.20 Å². The summed E-state index contributed by atoms with van der Waals surface area (Å²) in [6.45, 7) is 1.95. The van der Waals surface area contributed by atoms with E-state index in [0.717, 1.165) is 5.56 Å². The molecule has 0 aromatic carbocycles. The fourth-order valence-corrected chi connectivity index (χ4v) is 1.08. The first kappa shape index (κ1) is 11.6. The number of nitrogens with two attached hydrogens (primary N) is 2. The Labute approximate surface area is 89.7 Å². The minimum absolute atomic E-state index is 0. The minimum Gasteiger partial charge on any atom is -0.383 e. The lowest BCUT2D eigenvalue weighted by atomic mass is 10.2. The first-order chi connectivity index (χ1) is 5.11. The van der Waals surface area contributed by atoms with E-state index in [4.69, 9.17) is 11.5 Å². The largest absolute Gasteiger partial charge is 0.383 e. The van der Waals surface area contributed by atoms with Crippen molar-refractivity contribution in [1.29, 1.82) is 0 Å². The van der Waals surface area contributed by atoms with Crippen LogP contribution in [0.3, 0.4) is 0 Å². The summed E-state index contributed by atoms with van der Waals surface area (Å²) in [6, 6.07) is 0. The first-order valence-electron chi connectivity index (χ1n) is 3.13. The summed E-state index contributed by atoms with van der Waals surface area (Å²) in [4.78, 5) is 7.78. The minimum atomic E-state index is 0. The van der Waals surface area contributed by atoms with E-state index in [1.54, 1.807) is 6.20 Å². The van der Waals surface area contributed by atoms with Gasteiger partial charge in [0.1, 0.15) is 5.82 Å². The van der Waals surface area contributed by atoms with Gasteiger partial charge >= 0.3 is 0 Å². The highest BCUT2D eigenvalue weighted by atomic mass is 79.9. The highest BCUT2D eigenvalue weighted by Crippen LogP contribution is 2.24. The third-order valence-corrected chi connectivity index (χ3v) is 1.79. The number of hydrogen-bond donors (Lipinski definition) is 2. The molecule has 12 heavy (non-hydrogen) atoms. The Kier molecular flexibility index (Phi) is 4.47. The third-order valence-electron chi connectivity index (χ3n) is 1.30. The molecular formula is C6H10Br2N4. The van der Waals surface area contributed by atoms with E-state index in [1.807, 2.05) is 6.92 Å². The summed E-state index contributed by atoms with van der Waals surface area (Å²) >= 11 is 3.36. The molecule has 1 rings (SSSR count). The Morgan fingerprint density at radius 3 is 2.50 bits per heavy atom. The molecule has 0 bridgehead atoms. The van der Waals surface area contributed by atoms with Gasteiger partial charge in [-0.2, -0.15) is 4.98 Å². The maximum absolute atomic E-state index is 5.56. The van der Waals surface area contributed by atoms with E-state index in [0.29, 0.717) is 5.82 Å². The number of halogens is 2. The van der Waals surface area contributed by atoms with Crippen molar-refractivity contribution in [3.05, 3.63) is 11.8 Å². The Bertz CT molecular complexity index is 264. The molecule has 4 nitrogen and oxygen atoms in total. The monoisotopic (exact) mass is 296 g/mol. The highest BCUT2D eigenvalue weighted by molar-refractivity contribution is 9.09. The molecule has 0 aliphatic rings. The smallest absolute Gasteiger partial charge is 0.221 e. The Balaban J connectivity index is 0.00000121. The van der Waals surface area contributed by atoms with Crippen molar-refractivity contribution in [3.8, 4) is 0 Å². The molecule has 0 fully saturated rings. The zero-order valence-corrected chi connectivity index (χ0v) is 9.79. The molecule has 0 saturated heterocycles. The second-order valence-corrected chi connectivity index (χ2v) is 3.56. The normalized spacial score (nSPS) is 11.8. The summed E-state index contributed by atoms with van der Waals surface area (Å²) in [7, 11) is 0. The zero-order chi connectivity index (χ0) is 8.43. The molecule has 4 N–H and O–H groups in total. The summed E-state index contributed by atoms with van der Waals surface area (Å²) in [5.74, 6) is 0.640.